The van der Waals surface area contributed by atoms with Crippen LogP contribution >= 0.6 is 0 Å². The van der Waals surface area contributed by atoms with Crippen LogP contribution in [0.3, 0.4) is 0 Å². The van der Waals surface area contributed by atoms with Gasteiger partial charge in [-0.05, 0) is 48.9 Å². The van der Waals surface area contributed by atoms with Crippen LogP contribution in [-0.4, -0.2) is 38.7 Å². The lowest BCUT2D eigenvalue weighted by Gasteiger charge is -2.11. The van der Waals surface area contributed by atoms with Crippen LogP contribution in [-0.2, 0) is 14.8 Å². The largest absolute Gasteiger partial charge is 0.465 e. The molecule has 3 rings (SSSR count). The molecule has 1 N–H and O–H groups in total. The Labute approximate surface area is 152 Å². The number of hydrogen-bond acceptors (Lipinski definition) is 4. The van der Waals surface area contributed by atoms with E-state index < -0.39 is 10.0 Å². The summed E-state index contributed by atoms with van der Waals surface area (Å²) in [6, 6.07) is 9.38. The van der Waals surface area contributed by atoms with E-state index in [1.165, 1.54) is 36.6 Å². The van der Waals surface area contributed by atoms with Gasteiger partial charge in [0.05, 0.1) is 11.2 Å². The summed E-state index contributed by atoms with van der Waals surface area (Å²) in [6.45, 7) is 0.810. The van der Waals surface area contributed by atoms with E-state index in [1.54, 1.807) is 18.2 Å². The van der Waals surface area contributed by atoms with Crippen molar-refractivity contribution in [1.29, 1.82) is 0 Å². The standard InChI is InChI=1S/C18H19N3O4S/c1-21-12-2-5-17(21)20-26(23,24)16-9-6-14(7-10-16)19-18(22)11-8-15-4-3-13-25-15/h3-4,6-11,13H,2,5,12H2,1H3,(H,19,22)/b11-8+,20-17+. The van der Waals surface area contributed by atoms with Gasteiger partial charge in [0.1, 0.15) is 11.6 Å². The van der Waals surface area contributed by atoms with Crippen molar-refractivity contribution in [3.05, 3.63) is 54.5 Å². The van der Waals surface area contributed by atoms with Crippen molar-refractivity contribution in [2.75, 3.05) is 18.9 Å². The number of amides is 1. The number of furan rings is 1. The molecule has 8 heteroatoms. The second kappa shape index (κ2) is 7.57. The van der Waals surface area contributed by atoms with E-state index in [0.717, 1.165) is 13.0 Å². The summed E-state index contributed by atoms with van der Waals surface area (Å²) in [7, 11) is -1.92. The zero-order chi connectivity index (χ0) is 18.6. The zero-order valence-electron chi connectivity index (χ0n) is 14.3. The van der Waals surface area contributed by atoms with Gasteiger partial charge in [-0.1, -0.05) is 0 Å². The molecule has 0 unspecified atom stereocenters. The number of rotatable bonds is 5. The zero-order valence-corrected chi connectivity index (χ0v) is 15.1. The minimum Gasteiger partial charge on any atom is -0.465 e. The monoisotopic (exact) mass is 373 g/mol. The van der Waals surface area contributed by atoms with Crippen LogP contribution in [0.25, 0.3) is 6.08 Å². The van der Waals surface area contributed by atoms with Crippen molar-refractivity contribution in [2.45, 2.75) is 17.7 Å². The normalized spacial score (nSPS) is 16.5. The Balaban J connectivity index is 1.67. The molecule has 1 saturated heterocycles. The van der Waals surface area contributed by atoms with E-state index in [-0.39, 0.29) is 10.8 Å². The number of nitrogens with zero attached hydrogens (tertiary/aromatic N) is 2. The average molecular weight is 373 g/mol. The lowest BCUT2D eigenvalue weighted by Crippen LogP contribution is -2.20. The Hall–Kier alpha value is -2.87. The van der Waals surface area contributed by atoms with E-state index in [2.05, 4.69) is 9.71 Å². The topological polar surface area (TPSA) is 92.0 Å². The van der Waals surface area contributed by atoms with Gasteiger partial charge in [0.15, 0.2) is 0 Å². The smallest absolute Gasteiger partial charge is 0.283 e. The summed E-state index contributed by atoms with van der Waals surface area (Å²) in [4.78, 5) is 13.8. The number of benzene rings is 1. The number of hydrogen-bond donors (Lipinski definition) is 1. The first-order valence-corrected chi connectivity index (χ1v) is 9.56. The summed E-state index contributed by atoms with van der Waals surface area (Å²) >= 11 is 0. The molecule has 2 aromatic rings. The van der Waals surface area contributed by atoms with Crippen LogP contribution < -0.4 is 5.32 Å². The molecule has 7 nitrogen and oxygen atoms in total. The highest BCUT2D eigenvalue weighted by Gasteiger charge is 2.20. The average Bonchev–Trinajstić information content (AvgIpc) is 3.26. The first kappa shape index (κ1) is 17.9. The molecule has 136 valence electrons. The molecule has 2 heterocycles. The highest BCUT2D eigenvalue weighted by atomic mass is 32.2. The van der Waals surface area contributed by atoms with Crippen LogP contribution in [0.2, 0.25) is 0 Å². The summed E-state index contributed by atoms with van der Waals surface area (Å²) in [5.41, 5.74) is 0.490. The van der Waals surface area contributed by atoms with Gasteiger partial charge >= 0.3 is 0 Å². The van der Waals surface area contributed by atoms with E-state index in [0.29, 0.717) is 23.7 Å². The molecule has 1 aliphatic rings. The third-order valence-corrected chi connectivity index (χ3v) is 5.24. The van der Waals surface area contributed by atoms with Crippen LogP contribution in [0, 0.1) is 0 Å². The fraction of sp³-hybridized carbons (Fsp3) is 0.222. The van der Waals surface area contributed by atoms with E-state index >= 15 is 0 Å². The van der Waals surface area contributed by atoms with Gasteiger partial charge in [0.25, 0.3) is 10.0 Å². The fourth-order valence-electron chi connectivity index (χ4n) is 2.54. The Morgan fingerprint density at radius 3 is 2.65 bits per heavy atom. The molecule has 1 aromatic heterocycles. The van der Waals surface area contributed by atoms with E-state index in [1.807, 2.05) is 11.9 Å². The molecule has 0 bridgehead atoms. The second-order valence-corrected chi connectivity index (χ2v) is 7.47. The predicted molar refractivity (Wildman–Crippen MR) is 99.3 cm³/mol. The first-order valence-electron chi connectivity index (χ1n) is 8.12. The molecule has 0 atom stereocenters. The number of nitrogens with one attached hydrogen (secondary N) is 1. The maximum Gasteiger partial charge on any atom is 0.283 e. The quantitative estimate of drug-likeness (QED) is 0.814. The molecule has 0 aliphatic carbocycles. The number of anilines is 1. The highest BCUT2D eigenvalue weighted by Crippen LogP contribution is 2.19. The SMILES string of the molecule is CN1CCC/C1=N\S(=O)(=O)c1ccc(NC(=O)/C=C/c2ccco2)cc1. The van der Waals surface area contributed by atoms with Crippen molar-refractivity contribution in [3.8, 4) is 0 Å². The lowest BCUT2D eigenvalue weighted by atomic mass is 10.3. The third kappa shape index (κ3) is 4.40. The molecule has 0 spiro atoms. The van der Waals surface area contributed by atoms with Gasteiger partial charge in [-0.3, -0.25) is 4.79 Å². The van der Waals surface area contributed by atoms with Crippen LogP contribution in [0.15, 0.2) is 62.4 Å². The Kier molecular flexibility index (Phi) is 5.22. The number of likely N-dealkylation sites (tertiary alicyclic amines) is 1. The first-order chi connectivity index (χ1) is 12.4. The highest BCUT2D eigenvalue weighted by molar-refractivity contribution is 7.90. The number of carbonyl (C=O) groups excluding carboxylic acids is 1. The van der Waals surface area contributed by atoms with Crippen molar-refractivity contribution in [1.82, 2.24) is 4.90 Å². The third-order valence-electron chi connectivity index (χ3n) is 3.92. The van der Waals surface area contributed by atoms with Gasteiger partial charge in [-0.25, -0.2) is 0 Å². The van der Waals surface area contributed by atoms with Gasteiger partial charge in [0, 0.05) is 31.8 Å². The Morgan fingerprint density at radius 2 is 2.04 bits per heavy atom. The number of sulfonamides is 1. The molecule has 1 amide bonds. The van der Waals surface area contributed by atoms with Crippen molar-refractivity contribution in [2.24, 2.45) is 4.40 Å². The minimum atomic E-state index is -3.75. The molecular formula is C18H19N3O4S. The molecule has 1 aromatic carbocycles. The Morgan fingerprint density at radius 1 is 1.27 bits per heavy atom. The lowest BCUT2D eigenvalue weighted by molar-refractivity contribution is -0.111. The molecule has 0 saturated carbocycles. The Bertz CT molecular complexity index is 929. The van der Waals surface area contributed by atoms with Gasteiger partial charge in [-0.15, -0.1) is 4.40 Å². The van der Waals surface area contributed by atoms with Gasteiger partial charge in [0.2, 0.25) is 5.91 Å². The maximum absolute atomic E-state index is 12.4. The summed E-state index contributed by atoms with van der Waals surface area (Å²) < 4.78 is 33.8. The van der Waals surface area contributed by atoms with Crippen molar-refractivity contribution >= 4 is 33.5 Å². The van der Waals surface area contributed by atoms with Gasteiger partial charge in [-0.2, -0.15) is 8.42 Å². The summed E-state index contributed by atoms with van der Waals surface area (Å²) in [5, 5.41) is 2.66. The minimum absolute atomic E-state index is 0.0921. The van der Waals surface area contributed by atoms with Crippen molar-refractivity contribution in [3.63, 3.8) is 0 Å². The molecule has 1 aliphatic heterocycles. The van der Waals surface area contributed by atoms with Crippen molar-refractivity contribution < 1.29 is 17.6 Å². The fourth-order valence-corrected chi connectivity index (χ4v) is 3.63. The molecule has 26 heavy (non-hydrogen) atoms. The van der Waals surface area contributed by atoms with Crippen LogP contribution in [0.5, 0.6) is 0 Å². The van der Waals surface area contributed by atoms with Crippen LogP contribution in [0.1, 0.15) is 18.6 Å². The number of carbonyl (C=O) groups is 1. The van der Waals surface area contributed by atoms with E-state index in [4.69, 9.17) is 4.42 Å². The van der Waals surface area contributed by atoms with E-state index in [9.17, 15) is 13.2 Å². The predicted octanol–water partition coefficient (Wildman–Crippen LogP) is 2.74. The van der Waals surface area contributed by atoms with Crippen LogP contribution in [0.4, 0.5) is 5.69 Å². The second-order valence-electron chi connectivity index (χ2n) is 5.87. The summed E-state index contributed by atoms with van der Waals surface area (Å²) in [6.07, 6.45) is 5.96. The molecule has 0 radical (unpaired) electrons. The summed E-state index contributed by atoms with van der Waals surface area (Å²) in [5.74, 6) is 0.799. The molecular weight excluding hydrogens is 354 g/mol. The number of amidine groups is 1. The van der Waals surface area contributed by atoms with Gasteiger partial charge < -0.3 is 14.6 Å². The maximum atomic E-state index is 12.4. The molecule has 1 fully saturated rings.